The monoisotopic (exact) mass is 463 g/mol. The van der Waals surface area contributed by atoms with Gasteiger partial charge in [-0.25, -0.2) is 4.98 Å². The van der Waals surface area contributed by atoms with E-state index in [4.69, 9.17) is 9.47 Å². The maximum atomic E-state index is 13.2. The fourth-order valence-corrected chi connectivity index (χ4v) is 6.53. The average molecular weight is 464 g/mol. The molecule has 3 aliphatic rings. The summed E-state index contributed by atoms with van der Waals surface area (Å²) in [6, 6.07) is 11.2. The van der Waals surface area contributed by atoms with Crippen LogP contribution < -0.4 is 10.3 Å². The number of ether oxygens (including phenoxy) is 2. The number of benzene rings is 1. The average Bonchev–Trinajstić information content (AvgIpc) is 3.31. The Bertz CT molecular complexity index is 1220. The molecular formula is C26H29N3O3S. The SMILES string of the molecule is CN1[C@@H]2CC[C@H]1C[C@H](Oc1ccc(-n3cnc4cc(C=C5CCOCC5)sc4c3=O)cc1)C2. The Balaban J connectivity index is 1.21. The van der Waals surface area contributed by atoms with Gasteiger partial charge in [0.15, 0.2) is 0 Å². The van der Waals surface area contributed by atoms with Gasteiger partial charge in [-0.15, -0.1) is 11.3 Å². The highest BCUT2D eigenvalue weighted by Gasteiger charge is 2.39. The maximum absolute atomic E-state index is 13.2. The summed E-state index contributed by atoms with van der Waals surface area (Å²) in [4.78, 5) is 21.4. The second-order valence-electron chi connectivity index (χ2n) is 9.45. The van der Waals surface area contributed by atoms with Gasteiger partial charge < -0.3 is 14.4 Å². The quantitative estimate of drug-likeness (QED) is 0.564. The van der Waals surface area contributed by atoms with Crippen molar-refractivity contribution in [3.8, 4) is 11.4 Å². The first-order valence-electron chi connectivity index (χ1n) is 11.9. The molecule has 3 atom stereocenters. The Labute approximate surface area is 197 Å². The lowest BCUT2D eigenvalue weighted by Gasteiger charge is -2.36. The minimum atomic E-state index is -0.0258. The van der Waals surface area contributed by atoms with Crippen LogP contribution in [0.3, 0.4) is 0 Å². The van der Waals surface area contributed by atoms with E-state index in [0.29, 0.717) is 16.8 Å². The number of hydrogen-bond acceptors (Lipinski definition) is 6. The van der Waals surface area contributed by atoms with Crippen molar-refractivity contribution in [3.63, 3.8) is 0 Å². The van der Waals surface area contributed by atoms with Crippen LogP contribution in [-0.4, -0.2) is 52.9 Å². The van der Waals surface area contributed by atoms with Crippen molar-refractivity contribution < 1.29 is 9.47 Å². The molecule has 0 spiro atoms. The zero-order chi connectivity index (χ0) is 22.4. The van der Waals surface area contributed by atoms with Crippen LogP contribution in [0.5, 0.6) is 5.75 Å². The van der Waals surface area contributed by atoms with Gasteiger partial charge in [0, 0.05) is 17.0 Å². The Hall–Kier alpha value is -2.48. The molecule has 0 aliphatic carbocycles. The van der Waals surface area contributed by atoms with Crippen molar-refractivity contribution in [2.75, 3.05) is 20.3 Å². The number of piperidine rings is 1. The Morgan fingerprint density at radius 1 is 1.12 bits per heavy atom. The van der Waals surface area contributed by atoms with Crippen LogP contribution in [0.2, 0.25) is 0 Å². The minimum absolute atomic E-state index is 0.0258. The molecule has 0 unspecified atom stereocenters. The van der Waals surface area contributed by atoms with Crippen LogP contribution in [-0.2, 0) is 4.74 Å². The topological polar surface area (TPSA) is 56.6 Å². The number of fused-ring (bicyclic) bond motifs is 3. The summed E-state index contributed by atoms with van der Waals surface area (Å²) >= 11 is 1.52. The lowest BCUT2D eigenvalue weighted by atomic mass is 10.0. The molecule has 6 nitrogen and oxygen atoms in total. The molecule has 0 amide bonds. The molecule has 5 heterocycles. The fraction of sp³-hybridized carbons (Fsp3) is 0.462. The zero-order valence-electron chi connectivity index (χ0n) is 18.9. The van der Waals surface area contributed by atoms with Crippen LogP contribution in [0.4, 0.5) is 0 Å². The summed E-state index contributed by atoms with van der Waals surface area (Å²) in [7, 11) is 2.24. The molecule has 7 heteroatoms. The first-order chi connectivity index (χ1) is 16.1. The van der Waals surface area contributed by atoms with E-state index >= 15 is 0 Å². The van der Waals surface area contributed by atoms with Gasteiger partial charge >= 0.3 is 0 Å². The van der Waals surface area contributed by atoms with Gasteiger partial charge in [-0.05, 0) is 82.0 Å². The van der Waals surface area contributed by atoms with Crippen LogP contribution in [0.15, 0.2) is 47.0 Å². The number of rotatable bonds is 4. The molecule has 3 saturated heterocycles. The van der Waals surface area contributed by atoms with Crippen LogP contribution in [0.25, 0.3) is 22.0 Å². The van der Waals surface area contributed by atoms with E-state index in [1.54, 1.807) is 10.9 Å². The van der Waals surface area contributed by atoms with E-state index in [1.807, 2.05) is 30.3 Å². The molecule has 3 aromatic rings. The highest BCUT2D eigenvalue weighted by atomic mass is 32.1. The highest BCUT2D eigenvalue weighted by molar-refractivity contribution is 7.19. The molecule has 0 radical (unpaired) electrons. The summed E-state index contributed by atoms with van der Waals surface area (Å²) < 4.78 is 14.1. The van der Waals surface area contributed by atoms with E-state index in [0.717, 1.165) is 60.7 Å². The molecule has 2 aromatic heterocycles. The van der Waals surface area contributed by atoms with Crippen molar-refractivity contribution in [2.45, 2.75) is 56.7 Å². The summed E-state index contributed by atoms with van der Waals surface area (Å²) in [6.45, 7) is 1.56. The van der Waals surface area contributed by atoms with E-state index in [2.05, 4.69) is 23.0 Å². The van der Waals surface area contributed by atoms with Crippen molar-refractivity contribution in [1.29, 1.82) is 0 Å². The summed E-state index contributed by atoms with van der Waals surface area (Å²) in [6.07, 6.45) is 10.8. The van der Waals surface area contributed by atoms with Gasteiger partial charge in [0.05, 0.1) is 24.4 Å². The zero-order valence-corrected chi connectivity index (χ0v) is 19.7. The second kappa shape index (κ2) is 8.70. The molecule has 0 N–H and O–H groups in total. The molecule has 3 aliphatic heterocycles. The van der Waals surface area contributed by atoms with Crippen LogP contribution in [0, 0.1) is 0 Å². The first-order valence-corrected chi connectivity index (χ1v) is 12.7. The lowest BCUT2D eigenvalue weighted by Crippen LogP contribution is -2.43. The summed E-state index contributed by atoms with van der Waals surface area (Å²) in [5, 5.41) is 0. The molecule has 3 fully saturated rings. The van der Waals surface area contributed by atoms with E-state index < -0.39 is 0 Å². The van der Waals surface area contributed by atoms with Gasteiger partial charge in [0.2, 0.25) is 0 Å². The smallest absolute Gasteiger partial charge is 0.275 e. The Morgan fingerprint density at radius 2 is 1.85 bits per heavy atom. The third-order valence-electron chi connectivity index (χ3n) is 7.41. The maximum Gasteiger partial charge on any atom is 0.275 e. The predicted molar refractivity (Wildman–Crippen MR) is 131 cm³/mol. The largest absolute Gasteiger partial charge is 0.490 e. The summed E-state index contributed by atoms with van der Waals surface area (Å²) in [5.41, 5.74) is 2.92. The number of thiophene rings is 1. The van der Waals surface area contributed by atoms with Crippen molar-refractivity contribution in [3.05, 3.63) is 57.5 Å². The number of hydrogen-bond donors (Lipinski definition) is 0. The van der Waals surface area contributed by atoms with E-state index in [9.17, 15) is 4.79 Å². The molecule has 2 bridgehead atoms. The minimum Gasteiger partial charge on any atom is -0.490 e. The Kier molecular flexibility index (Phi) is 5.56. The van der Waals surface area contributed by atoms with Gasteiger partial charge in [-0.2, -0.15) is 0 Å². The summed E-state index contributed by atoms with van der Waals surface area (Å²) in [5.74, 6) is 0.872. The standard InChI is InChI=1S/C26H29N3O3S/c1-28-19-2-3-20(28)14-22(13-19)32-21-6-4-18(5-7-21)29-16-27-24-15-23(33-25(24)26(29)30)12-17-8-10-31-11-9-17/h4-7,12,15-16,19-20,22H,2-3,8-11,13-14H2,1H3/t19-,20+,22-. The molecular weight excluding hydrogens is 434 g/mol. The van der Waals surface area contributed by atoms with Crippen LogP contribution in [0.1, 0.15) is 43.4 Å². The highest BCUT2D eigenvalue weighted by Crippen LogP contribution is 2.36. The molecule has 1 aromatic carbocycles. The third-order valence-corrected chi connectivity index (χ3v) is 8.47. The fourth-order valence-electron chi connectivity index (χ4n) is 5.50. The van der Waals surface area contributed by atoms with Crippen molar-refractivity contribution >= 4 is 27.6 Å². The normalized spacial score (nSPS) is 25.5. The molecule has 172 valence electrons. The number of aromatic nitrogens is 2. The van der Waals surface area contributed by atoms with Crippen molar-refractivity contribution in [2.24, 2.45) is 0 Å². The third kappa shape index (κ3) is 4.14. The van der Waals surface area contributed by atoms with Gasteiger partial charge in [-0.1, -0.05) is 5.57 Å². The second-order valence-corrected chi connectivity index (χ2v) is 10.5. The van der Waals surface area contributed by atoms with Gasteiger partial charge in [-0.3, -0.25) is 9.36 Å². The molecule has 0 saturated carbocycles. The van der Waals surface area contributed by atoms with Crippen LogP contribution >= 0.6 is 11.3 Å². The van der Waals surface area contributed by atoms with Crippen molar-refractivity contribution in [1.82, 2.24) is 14.5 Å². The van der Waals surface area contributed by atoms with E-state index in [-0.39, 0.29) is 11.7 Å². The molecule has 6 rings (SSSR count). The first kappa shape index (κ1) is 21.1. The van der Waals surface area contributed by atoms with Gasteiger partial charge in [0.25, 0.3) is 5.56 Å². The Morgan fingerprint density at radius 3 is 2.58 bits per heavy atom. The molecule has 33 heavy (non-hydrogen) atoms. The number of nitrogens with zero attached hydrogens (tertiary/aromatic N) is 3. The lowest BCUT2D eigenvalue weighted by molar-refractivity contribution is 0.0662. The van der Waals surface area contributed by atoms with E-state index in [1.165, 1.54) is 29.8 Å². The van der Waals surface area contributed by atoms with Gasteiger partial charge in [0.1, 0.15) is 22.9 Å². The predicted octanol–water partition coefficient (Wildman–Crippen LogP) is 4.65.